The Morgan fingerprint density at radius 1 is 1.46 bits per heavy atom. The van der Waals surface area contributed by atoms with E-state index in [0.29, 0.717) is 6.42 Å². The number of nitrogens with zero attached hydrogens (tertiary/aromatic N) is 1. The van der Waals surface area contributed by atoms with Crippen LogP contribution < -0.4 is 11.1 Å². The summed E-state index contributed by atoms with van der Waals surface area (Å²) in [5, 5.41) is 9.83. The highest BCUT2D eigenvalue weighted by molar-refractivity contribution is 6.41. The number of nitrogens with two attached hydrogens (primary N) is 1. The molecule has 2 heterocycles. The minimum atomic E-state index is -3.54. The van der Waals surface area contributed by atoms with Crippen LogP contribution >= 0.6 is 0 Å². The molecule has 0 aromatic carbocycles. The average molecular weight is 370 g/mol. The average Bonchev–Trinajstić information content (AvgIpc) is 3.15. The molecular weight excluding hydrogens is 346 g/mol. The summed E-state index contributed by atoms with van der Waals surface area (Å²) in [6, 6.07) is -0.280. The number of carbonyl (C=O) groups is 1. The Morgan fingerprint density at radius 2 is 2.08 bits per heavy atom. The minimum absolute atomic E-state index is 0. The Labute approximate surface area is 151 Å². The molecule has 0 radical (unpaired) electrons. The lowest BCUT2D eigenvalue weighted by Crippen LogP contribution is -2.31. The van der Waals surface area contributed by atoms with Gasteiger partial charge in [0.2, 0.25) is 0 Å². The van der Waals surface area contributed by atoms with Crippen molar-refractivity contribution in [2.75, 3.05) is 0 Å². The number of fused-ring (bicyclic) bond motifs is 2. The Morgan fingerprint density at radius 3 is 2.65 bits per heavy atom. The fourth-order valence-corrected chi connectivity index (χ4v) is 1.99. The van der Waals surface area contributed by atoms with Gasteiger partial charge in [0.25, 0.3) is 5.91 Å². The summed E-state index contributed by atoms with van der Waals surface area (Å²) in [4.78, 5) is 14.2. The van der Waals surface area contributed by atoms with Crippen LogP contribution in [0.2, 0.25) is 0 Å². The number of alkyl halides is 2. The lowest BCUT2D eigenvalue weighted by Gasteiger charge is -2.15. The van der Waals surface area contributed by atoms with Crippen molar-refractivity contribution in [2.45, 2.75) is 38.6 Å². The number of primary amides is 1. The SMILES string of the molecule is C=CCC=CC(=N)C(N)=O.CC.FC1(F)OC2=CC3N=CNC3C=C2O1.[HH]. The van der Waals surface area contributed by atoms with Crippen LogP contribution in [0.5, 0.6) is 0 Å². The predicted molar refractivity (Wildman–Crippen MR) is 96.8 cm³/mol. The van der Waals surface area contributed by atoms with Crippen molar-refractivity contribution < 1.29 is 24.5 Å². The summed E-state index contributed by atoms with van der Waals surface area (Å²) in [5.41, 5.74) is 4.60. The number of hydrogen-bond donors (Lipinski definition) is 3. The lowest BCUT2D eigenvalue weighted by atomic mass is 10.0. The van der Waals surface area contributed by atoms with E-state index in [0.717, 1.165) is 0 Å². The van der Waals surface area contributed by atoms with Gasteiger partial charge in [0, 0.05) is 1.43 Å². The van der Waals surface area contributed by atoms with Gasteiger partial charge in [0.1, 0.15) is 5.71 Å². The van der Waals surface area contributed by atoms with Crippen molar-refractivity contribution in [3.63, 3.8) is 0 Å². The van der Waals surface area contributed by atoms with E-state index in [-0.39, 0.29) is 30.7 Å². The molecule has 1 amide bonds. The van der Waals surface area contributed by atoms with Gasteiger partial charge < -0.3 is 20.5 Å². The van der Waals surface area contributed by atoms with E-state index in [9.17, 15) is 13.6 Å². The third-order valence-electron chi connectivity index (χ3n) is 3.09. The fraction of sp³-hybridized carbons (Fsp3) is 0.353. The molecule has 1 aliphatic carbocycles. The maximum atomic E-state index is 12.6. The Kier molecular flexibility index (Phi) is 7.70. The first kappa shape index (κ1) is 21.1. The van der Waals surface area contributed by atoms with Crippen LogP contribution in [0.25, 0.3) is 0 Å². The van der Waals surface area contributed by atoms with Gasteiger partial charge in [0.15, 0.2) is 11.5 Å². The molecule has 0 spiro atoms. The zero-order valence-electron chi connectivity index (χ0n) is 14.5. The Bertz CT molecular complexity index is 675. The summed E-state index contributed by atoms with van der Waals surface area (Å²) < 4.78 is 33.9. The van der Waals surface area contributed by atoms with E-state index in [1.807, 2.05) is 13.8 Å². The molecule has 9 heteroatoms. The van der Waals surface area contributed by atoms with Gasteiger partial charge in [-0.2, -0.15) is 0 Å². The molecule has 2 atom stereocenters. The zero-order chi connectivity index (χ0) is 19.7. The number of rotatable bonds is 4. The lowest BCUT2D eigenvalue weighted by molar-refractivity contribution is -0.326. The Hall–Kier alpha value is -2.97. The number of halogens is 2. The number of aliphatic imine (C=N–C) groups is 1. The predicted octanol–water partition coefficient (Wildman–Crippen LogP) is 2.63. The van der Waals surface area contributed by atoms with Gasteiger partial charge in [-0.3, -0.25) is 15.2 Å². The van der Waals surface area contributed by atoms with E-state index in [1.165, 1.54) is 12.2 Å². The van der Waals surface area contributed by atoms with Crippen molar-refractivity contribution in [3.05, 3.63) is 48.5 Å². The number of hydrogen-bond acceptors (Lipinski definition) is 6. The van der Waals surface area contributed by atoms with Gasteiger partial charge in [-0.25, -0.2) is 0 Å². The normalized spacial score (nSPS) is 23.2. The molecule has 0 bridgehead atoms. The molecule has 7 nitrogen and oxygen atoms in total. The molecule has 0 saturated carbocycles. The first-order valence-corrected chi connectivity index (χ1v) is 7.96. The smallest absolute Gasteiger partial charge is 0.396 e. The van der Waals surface area contributed by atoms with Crippen LogP contribution in [0.3, 0.4) is 0 Å². The number of allylic oxidation sites excluding steroid dienone is 2. The van der Waals surface area contributed by atoms with Crippen LogP contribution in [0.15, 0.2) is 53.5 Å². The van der Waals surface area contributed by atoms with Crippen LogP contribution in [-0.4, -0.2) is 36.3 Å². The third-order valence-corrected chi connectivity index (χ3v) is 3.09. The van der Waals surface area contributed by atoms with Gasteiger partial charge in [-0.1, -0.05) is 26.0 Å². The van der Waals surface area contributed by atoms with Gasteiger partial charge in [0.05, 0.1) is 18.4 Å². The van der Waals surface area contributed by atoms with Gasteiger partial charge in [-0.05, 0) is 24.6 Å². The zero-order valence-corrected chi connectivity index (χ0v) is 14.5. The van der Waals surface area contributed by atoms with Crippen molar-refractivity contribution in [2.24, 2.45) is 10.7 Å². The minimum Gasteiger partial charge on any atom is -0.396 e. The largest absolute Gasteiger partial charge is 0.586 e. The molecule has 26 heavy (non-hydrogen) atoms. The van der Waals surface area contributed by atoms with E-state index in [2.05, 4.69) is 26.4 Å². The summed E-state index contributed by atoms with van der Waals surface area (Å²) >= 11 is 0. The van der Waals surface area contributed by atoms with Crippen molar-refractivity contribution >= 4 is 18.0 Å². The maximum absolute atomic E-state index is 12.6. The molecule has 3 rings (SSSR count). The molecule has 2 unspecified atom stereocenters. The van der Waals surface area contributed by atoms with E-state index in [1.54, 1.807) is 24.6 Å². The number of nitrogens with one attached hydrogen (secondary N) is 2. The molecule has 1 saturated heterocycles. The number of ether oxygens (including phenoxy) is 2. The second-order valence-electron chi connectivity index (χ2n) is 4.90. The van der Waals surface area contributed by atoms with E-state index in [4.69, 9.17) is 11.1 Å². The van der Waals surface area contributed by atoms with E-state index < -0.39 is 12.2 Å². The third kappa shape index (κ3) is 5.83. The first-order valence-electron chi connectivity index (χ1n) is 7.96. The second-order valence-corrected chi connectivity index (χ2v) is 4.90. The van der Waals surface area contributed by atoms with Gasteiger partial charge >= 0.3 is 6.29 Å². The van der Waals surface area contributed by atoms with Crippen LogP contribution in [0, 0.1) is 5.41 Å². The molecule has 0 aromatic heterocycles. The fourth-order valence-electron chi connectivity index (χ4n) is 1.99. The number of carbonyl (C=O) groups excluding carboxylic acids is 1. The standard InChI is InChI=1S/C8H6F2N2O2.C7H10N2O.C2H6.H2/c9-8(10)13-6-1-4-5(12-3-11-4)2-7(6)14-8;1-2-3-4-5-6(8)7(9)10;1-2;/h1-5H,(H,11,12);2,4-5,8H,1,3H2,(H2,9,10);1-2H3;1H. The van der Waals surface area contributed by atoms with Crippen LogP contribution in [0.4, 0.5) is 8.78 Å². The van der Waals surface area contributed by atoms with Crippen molar-refractivity contribution in [1.29, 1.82) is 5.41 Å². The molecule has 0 aromatic rings. The van der Waals surface area contributed by atoms with Crippen LogP contribution in [-0.2, 0) is 14.3 Å². The summed E-state index contributed by atoms with van der Waals surface area (Å²) in [7, 11) is 0. The summed E-state index contributed by atoms with van der Waals surface area (Å²) in [6.45, 7) is 7.46. The molecule has 144 valence electrons. The topological polar surface area (TPSA) is 110 Å². The highest BCUT2D eigenvalue weighted by Crippen LogP contribution is 2.39. The van der Waals surface area contributed by atoms with E-state index >= 15 is 0 Å². The maximum Gasteiger partial charge on any atom is 0.586 e. The highest BCUT2D eigenvalue weighted by atomic mass is 19.3. The molecule has 1 fully saturated rings. The van der Waals surface area contributed by atoms with Gasteiger partial charge in [-0.15, -0.1) is 15.4 Å². The highest BCUT2D eigenvalue weighted by Gasteiger charge is 2.48. The summed E-state index contributed by atoms with van der Waals surface area (Å²) in [6.07, 6.45) is 6.42. The molecule has 3 aliphatic rings. The molecule has 4 N–H and O–H groups in total. The van der Waals surface area contributed by atoms with Crippen molar-refractivity contribution in [1.82, 2.24) is 5.32 Å². The summed E-state index contributed by atoms with van der Waals surface area (Å²) in [5.74, 6) is -0.563. The second kappa shape index (κ2) is 9.50. The van der Waals surface area contributed by atoms with Crippen LogP contribution in [0.1, 0.15) is 21.7 Å². The monoisotopic (exact) mass is 370 g/mol. The molecular formula is C17H24F2N4O3. The van der Waals surface area contributed by atoms with Crippen molar-refractivity contribution in [3.8, 4) is 0 Å². The quantitative estimate of drug-likeness (QED) is 0.522. The number of amides is 1. The molecule has 2 aliphatic heterocycles. The Balaban J connectivity index is 0.000000468. The first-order chi connectivity index (χ1) is 12.3.